The highest BCUT2D eigenvalue weighted by Gasteiger charge is 2.27. The van der Waals surface area contributed by atoms with Crippen LogP contribution >= 0.6 is 0 Å². The fourth-order valence-corrected chi connectivity index (χ4v) is 4.90. The molecule has 0 aromatic heterocycles. The molecule has 0 aliphatic heterocycles. The molecule has 1 aliphatic carbocycles. The van der Waals surface area contributed by atoms with Crippen LogP contribution in [-0.2, 0) is 38.2 Å². The summed E-state index contributed by atoms with van der Waals surface area (Å²) in [6, 6.07) is 12.9. The van der Waals surface area contributed by atoms with Crippen LogP contribution in [0.15, 0.2) is 91.5 Å². The third kappa shape index (κ3) is 17.6. The van der Waals surface area contributed by atoms with E-state index in [1.165, 1.54) is 12.2 Å². The molecule has 0 saturated heterocycles. The van der Waals surface area contributed by atoms with E-state index >= 15 is 0 Å². The van der Waals surface area contributed by atoms with Crippen molar-refractivity contribution in [2.45, 2.75) is 75.4 Å². The van der Waals surface area contributed by atoms with Crippen LogP contribution in [0.3, 0.4) is 0 Å². The zero-order chi connectivity index (χ0) is 40.5. The molecule has 1 aliphatic rings. The van der Waals surface area contributed by atoms with Gasteiger partial charge in [0, 0.05) is 18.9 Å². The summed E-state index contributed by atoms with van der Waals surface area (Å²) in [5, 5.41) is 38.2. The molecule has 3 atom stereocenters. The number of benzene rings is 2. The lowest BCUT2D eigenvalue weighted by Gasteiger charge is -2.22. The van der Waals surface area contributed by atoms with E-state index in [-0.39, 0.29) is 45.0 Å². The summed E-state index contributed by atoms with van der Waals surface area (Å²) in [6.45, 7) is 10.7. The van der Waals surface area contributed by atoms with Crippen molar-refractivity contribution < 1.29 is 58.6 Å². The second kappa shape index (κ2) is 26.0. The maximum atomic E-state index is 12.2. The smallest absolute Gasteiger partial charge is 0.328 e. The molecule has 0 amide bonds. The van der Waals surface area contributed by atoms with E-state index in [1.54, 1.807) is 0 Å². The number of carbonyl (C=O) groups excluding carboxylic acids is 2. The number of fused-ring (bicyclic) bond motifs is 3. The van der Waals surface area contributed by atoms with E-state index in [9.17, 15) is 34.2 Å². The van der Waals surface area contributed by atoms with Gasteiger partial charge < -0.3 is 46.1 Å². The number of ether oxygens (including phenoxy) is 3. The Morgan fingerprint density at radius 2 is 1.26 bits per heavy atom. The van der Waals surface area contributed by atoms with Crippen molar-refractivity contribution in [3.05, 3.63) is 97.6 Å². The van der Waals surface area contributed by atoms with Crippen LogP contribution in [0.1, 0.15) is 68.4 Å². The SMILES string of the molecule is C=CCCCCC[C@H](N=C([O-])OCC1c2ccccc2-c2ccccc21)C(=O)O.C=CCOC(=O)CC[C@H](N)C(=O)O.C=CCOC(=O)C[C@H](N)C(=O)O. The average molecular weight is 753 g/mol. The van der Waals surface area contributed by atoms with Crippen LogP contribution in [0.5, 0.6) is 0 Å². The lowest BCUT2D eigenvalue weighted by molar-refractivity contribution is -0.251. The van der Waals surface area contributed by atoms with Crippen LogP contribution < -0.4 is 16.6 Å². The van der Waals surface area contributed by atoms with Gasteiger partial charge in [0.15, 0.2) is 0 Å². The van der Waals surface area contributed by atoms with Crippen molar-refractivity contribution in [2.75, 3.05) is 19.8 Å². The quantitative estimate of drug-likeness (QED) is 0.0402. The fourth-order valence-electron chi connectivity index (χ4n) is 4.90. The molecule has 0 radical (unpaired) electrons. The first kappa shape index (κ1) is 46.2. The molecule has 7 N–H and O–H groups in total. The highest BCUT2D eigenvalue weighted by molar-refractivity contribution is 5.81. The molecule has 2 aromatic rings. The number of rotatable bonds is 21. The molecule has 0 spiro atoms. The highest BCUT2D eigenvalue weighted by Crippen LogP contribution is 2.44. The molecular formula is C39H50N3O12-. The van der Waals surface area contributed by atoms with E-state index in [0.717, 1.165) is 41.5 Å². The van der Waals surface area contributed by atoms with Crippen LogP contribution in [0.25, 0.3) is 11.1 Å². The molecule has 3 rings (SSSR count). The van der Waals surface area contributed by atoms with Gasteiger partial charge in [-0.2, -0.15) is 0 Å². The molecule has 15 nitrogen and oxygen atoms in total. The molecule has 0 saturated carbocycles. The Hall–Kier alpha value is -5.80. The van der Waals surface area contributed by atoms with Gasteiger partial charge in [-0.1, -0.05) is 92.8 Å². The second-order valence-electron chi connectivity index (χ2n) is 11.8. The molecule has 0 heterocycles. The second-order valence-corrected chi connectivity index (χ2v) is 11.8. The van der Waals surface area contributed by atoms with Gasteiger partial charge >= 0.3 is 29.8 Å². The molecular weight excluding hydrogens is 702 g/mol. The van der Waals surface area contributed by atoms with Crippen molar-refractivity contribution in [1.82, 2.24) is 0 Å². The standard InChI is InChI=1S/C24H27NO4.C8H13NO4.C7H11NO4/c1-2-3-4-5-6-15-22(23(26)27)25-24(28)29-16-21-19-13-9-7-11-17(19)18-12-8-10-14-20(18)21;1-2-5-13-7(10)4-3-6(9)8(11)12;1-2-3-12-6(9)4-5(8)7(10)11/h2,7-14,21-22H,1,3-6,15-16H2,(H,25,28)(H,26,27);2,6H,1,3-5,9H2,(H,11,12);2,5H,1,3-4,8H2,(H,10,11)/p-1/t22-;6-;5-/m000/s1. The highest BCUT2D eigenvalue weighted by atomic mass is 16.6. The summed E-state index contributed by atoms with van der Waals surface area (Å²) in [7, 11) is 0. The number of hydrogen-bond donors (Lipinski definition) is 5. The van der Waals surface area contributed by atoms with Gasteiger partial charge in [-0.15, -0.1) is 6.58 Å². The predicted molar refractivity (Wildman–Crippen MR) is 199 cm³/mol. The van der Waals surface area contributed by atoms with Crippen LogP contribution in [0.4, 0.5) is 0 Å². The summed E-state index contributed by atoms with van der Waals surface area (Å²) in [5.41, 5.74) is 14.7. The summed E-state index contributed by atoms with van der Waals surface area (Å²) in [5.74, 6) is -4.59. The Morgan fingerprint density at radius 1 is 0.722 bits per heavy atom. The minimum Gasteiger partial charge on any atom is -0.599 e. The van der Waals surface area contributed by atoms with Crippen molar-refractivity contribution in [1.29, 1.82) is 0 Å². The first-order chi connectivity index (χ1) is 25.8. The third-order valence-electron chi connectivity index (χ3n) is 7.67. The normalized spacial score (nSPS) is 13.0. The van der Waals surface area contributed by atoms with Crippen molar-refractivity contribution >= 4 is 35.9 Å². The molecule has 15 heteroatoms. The van der Waals surface area contributed by atoms with E-state index < -0.39 is 54.1 Å². The monoisotopic (exact) mass is 752 g/mol. The Kier molecular flexibility index (Phi) is 22.3. The number of aliphatic carboxylic acids is 3. The summed E-state index contributed by atoms with van der Waals surface area (Å²) in [4.78, 5) is 57.1. The third-order valence-corrected chi connectivity index (χ3v) is 7.67. The Morgan fingerprint density at radius 3 is 1.76 bits per heavy atom. The molecule has 0 fully saturated rings. The summed E-state index contributed by atoms with van der Waals surface area (Å²) in [6.07, 6.45) is 7.43. The predicted octanol–water partition coefficient (Wildman–Crippen LogP) is 3.55. The van der Waals surface area contributed by atoms with Gasteiger partial charge in [0.25, 0.3) is 0 Å². The minimum absolute atomic E-state index is 0.0152. The van der Waals surface area contributed by atoms with Gasteiger partial charge in [0.2, 0.25) is 0 Å². The van der Waals surface area contributed by atoms with Gasteiger partial charge in [0.1, 0.15) is 37.4 Å². The zero-order valence-electron chi connectivity index (χ0n) is 30.2. The average Bonchev–Trinajstić information content (AvgIpc) is 3.47. The number of allylic oxidation sites excluding steroid dienone is 1. The first-order valence-corrected chi connectivity index (χ1v) is 17.2. The van der Waals surface area contributed by atoms with Crippen molar-refractivity contribution in [2.24, 2.45) is 16.5 Å². The number of esters is 2. The number of carboxylic acids is 3. The van der Waals surface area contributed by atoms with Gasteiger partial charge in [0.05, 0.1) is 6.42 Å². The molecule has 294 valence electrons. The largest absolute Gasteiger partial charge is 0.599 e. The first-order valence-electron chi connectivity index (χ1n) is 17.2. The van der Waals surface area contributed by atoms with E-state index in [1.807, 2.05) is 42.5 Å². The van der Waals surface area contributed by atoms with Gasteiger partial charge in [-0.05, 0) is 47.9 Å². The Bertz CT molecular complexity index is 1550. The van der Waals surface area contributed by atoms with Gasteiger partial charge in [-0.25, -0.2) is 4.79 Å². The van der Waals surface area contributed by atoms with Crippen LogP contribution in [0.2, 0.25) is 0 Å². The lowest BCUT2D eigenvalue weighted by atomic mass is 9.98. The molecule has 2 aromatic carbocycles. The summed E-state index contributed by atoms with van der Waals surface area (Å²) < 4.78 is 14.5. The summed E-state index contributed by atoms with van der Waals surface area (Å²) >= 11 is 0. The van der Waals surface area contributed by atoms with E-state index in [0.29, 0.717) is 12.8 Å². The number of nitrogens with two attached hydrogens (primary N) is 2. The Balaban J connectivity index is 0.000000485. The molecule has 0 bridgehead atoms. The number of nitrogens with zero attached hydrogens (tertiary/aromatic N) is 1. The molecule has 54 heavy (non-hydrogen) atoms. The number of carboxylic acid groups (broad SMARTS) is 3. The van der Waals surface area contributed by atoms with Crippen molar-refractivity contribution in [3.63, 3.8) is 0 Å². The maximum absolute atomic E-state index is 12.2. The van der Waals surface area contributed by atoms with Crippen molar-refractivity contribution in [3.8, 4) is 11.1 Å². The fraction of sp³-hybridized carbons (Fsp3) is 0.385. The maximum Gasteiger partial charge on any atom is 0.328 e. The van der Waals surface area contributed by atoms with E-state index in [2.05, 4.69) is 46.3 Å². The Labute approximate surface area is 314 Å². The van der Waals surface area contributed by atoms with Crippen LogP contribution in [-0.4, -0.2) is 89.2 Å². The number of hydrogen-bond acceptors (Lipinski definition) is 12. The van der Waals surface area contributed by atoms with Gasteiger partial charge in [-0.3, -0.25) is 24.2 Å². The molecule has 0 unspecified atom stereocenters. The number of carbonyl (C=O) groups is 5. The lowest BCUT2D eigenvalue weighted by Crippen LogP contribution is -2.33. The zero-order valence-corrected chi connectivity index (χ0v) is 30.2. The number of aliphatic imine (C=N–C) groups is 1. The van der Waals surface area contributed by atoms with Crippen LogP contribution in [0, 0.1) is 0 Å². The topological polar surface area (TPSA) is 261 Å². The van der Waals surface area contributed by atoms with E-state index in [4.69, 9.17) is 26.4 Å². The minimum atomic E-state index is -1.22. The number of unbranched alkanes of at least 4 members (excludes halogenated alkanes) is 3.